The third-order valence-corrected chi connectivity index (χ3v) is 23.6. The maximum atomic E-state index is 12.0. The van der Waals surface area contributed by atoms with Crippen LogP contribution in [0.1, 0.15) is 26.2 Å². The highest BCUT2D eigenvalue weighted by Gasteiger charge is 2.58. The van der Waals surface area contributed by atoms with Crippen molar-refractivity contribution in [2.24, 2.45) is 0 Å². The fourth-order valence-corrected chi connectivity index (χ4v) is 27.4. The second-order valence-corrected chi connectivity index (χ2v) is 38.2. The summed E-state index contributed by atoms with van der Waals surface area (Å²) in [5.41, 5.74) is 0. The number of allylic oxidation sites excluding steroid dienone is 1. The van der Waals surface area contributed by atoms with Gasteiger partial charge in [0.2, 0.25) is 0 Å². The minimum absolute atomic E-state index is 0.228. The molecule has 15 heteroatoms. The van der Waals surface area contributed by atoms with Crippen molar-refractivity contribution in [3.8, 4) is 0 Å². The first kappa shape index (κ1) is 38.8. The van der Waals surface area contributed by atoms with Gasteiger partial charge >= 0.3 is 29.5 Å². The minimum atomic E-state index is -3.42. The van der Waals surface area contributed by atoms with Crippen LogP contribution in [0.15, 0.2) is 12.2 Å². The number of ether oxygens (including phenoxy) is 2. The smallest absolute Gasteiger partial charge is 0.469 e. The molecular formula is C24H56O9Si6. The van der Waals surface area contributed by atoms with Gasteiger partial charge in [0, 0.05) is 24.6 Å². The van der Waals surface area contributed by atoms with Crippen molar-refractivity contribution in [1.29, 1.82) is 0 Å². The first-order chi connectivity index (χ1) is 17.4. The Morgan fingerprint density at radius 3 is 1.33 bits per heavy atom. The number of rotatable bonds is 19. The maximum Gasteiger partial charge on any atom is 0.472 e. The summed E-state index contributed by atoms with van der Waals surface area (Å²) >= 11 is 0. The van der Waals surface area contributed by atoms with Gasteiger partial charge in [-0.15, -0.1) is 0 Å². The number of methoxy groups -OCH3 is 1. The zero-order chi connectivity index (χ0) is 30.8. The zero-order valence-corrected chi connectivity index (χ0v) is 33.1. The van der Waals surface area contributed by atoms with Gasteiger partial charge in [-0.05, 0) is 98.3 Å². The number of hydrogen-bond acceptors (Lipinski definition) is 9. The topological polar surface area (TPSA) is 98.8 Å². The van der Waals surface area contributed by atoms with E-state index in [1.54, 1.807) is 13.0 Å². The molecule has 230 valence electrons. The lowest BCUT2D eigenvalue weighted by Gasteiger charge is -2.47. The average molecular weight is 657 g/mol. The summed E-state index contributed by atoms with van der Waals surface area (Å²) in [5.74, 6) is -0.652. The summed E-state index contributed by atoms with van der Waals surface area (Å²) in [4.78, 5) is 23.9. The number of esters is 2. The van der Waals surface area contributed by atoms with Crippen molar-refractivity contribution in [1.82, 2.24) is 0 Å². The monoisotopic (exact) mass is 656 g/mol. The lowest BCUT2D eigenvalue weighted by atomic mass is 10.3. The molecule has 0 saturated heterocycles. The van der Waals surface area contributed by atoms with E-state index in [1.807, 2.05) is 0 Å². The molecule has 0 rings (SSSR count). The molecule has 0 saturated carbocycles. The van der Waals surface area contributed by atoms with Crippen LogP contribution >= 0.6 is 0 Å². The number of hydrogen-bond donors (Lipinski definition) is 0. The van der Waals surface area contributed by atoms with Crippen molar-refractivity contribution in [3.05, 3.63) is 12.2 Å². The largest absolute Gasteiger partial charge is 0.472 e. The maximum absolute atomic E-state index is 12.0. The van der Waals surface area contributed by atoms with Crippen LogP contribution in [0.5, 0.6) is 0 Å². The predicted octanol–water partition coefficient (Wildman–Crippen LogP) is 6.75. The van der Waals surface area contributed by atoms with E-state index >= 15 is 0 Å². The molecule has 0 spiro atoms. The minimum Gasteiger partial charge on any atom is -0.469 e. The van der Waals surface area contributed by atoms with Gasteiger partial charge in [-0.25, -0.2) is 4.79 Å². The molecule has 0 heterocycles. The molecule has 0 aromatic rings. The quantitative estimate of drug-likeness (QED) is 0.0647. The molecule has 0 aromatic carbocycles. The summed E-state index contributed by atoms with van der Waals surface area (Å²) in [5, 5.41) is 0. The third-order valence-electron chi connectivity index (χ3n) is 4.42. The Morgan fingerprint density at radius 2 is 1.00 bits per heavy atom. The van der Waals surface area contributed by atoms with Gasteiger partial charge in [0.25, 0.3) is 0 Å². The highest BCUT2D eigenvalue weighted by molar-refractivity contribution is 6.92. The van der Waals surface area contributed by atoms with E-state index in [4.69, 9.17) is 30.0 Å². The molecule has 0 aromatic heterocycles. The van der Waals surface area contributed by atoms with Gasteiger partial charge in [-0.2, -0.15) is 0 Å². The van der Waals surface area contributed by atoms with Crippen LogP contribution < -0.4 is 0 Å². The van der Waals surface area contributed by atoms with Crippen molar-refractivity contribution in [2.45, 2.75) is 117 Å². The summed E-state index contributed by atoms with van der Waals surface area (Å²) in [6.07, 6.45) is 4.35. The summed E-state index contributed by atoms with van der Waals surface area (Å²) in [7, 11) is -14.2. The molecule has 9 nitrogen and oxygen atoms in total. The molecule has 0 aliphatic carbocycles. The summed E-state index contributed by atoms with van der Waals surface area (Å²) < 4.78 is 45.2. The van der Waals surface area contributed by atoms with Gasteiger partial charge in [-0.3, -0.25) is 4.79 Å². The molecule has 0 fully saturated rings. The van der Waals surface area contributed by atoms with E-state index in [9.17, 15) is 9.59 Å². The van der Waals surface area contributed by atoms with E-state index in [-0.39, 0.29) is 25.0 Å². The van der Waals surface area contributed by atoms with E-state index in [0.29, 0.717) is 24.9 Å². The molecule has 0 radical (unpaired) electrons. The Labute approximate surface area is 244 Å². The van der Waals surface area contributed by atoms with Crippen LogP contribution in [0.3, 0.4) is 0 Å². The fraction of sp³-hybridized carbons (Fsp3) is 0.833. The Bertz CT molecular complexity index is 764. The Hall–Kier alpha value is -0.219. The van der Waals surface area contributed by atoms with Gasteiger partial charge in [0.05, 0.1) is 13.7 Å². The normalized spacial score (nSPS) is 14.1. The Morgan fingerprint density at radius 1 is 0.615 bits per heavy atom. The van der Waals surface area contributed by atoms with E-state index < -0.39 is 50.9 Å². The fourth-order valence-electron chi connectivity index (χ4n) is 3.73. The molecular weight excluding hydrogens is 601 g/mol. The van der Waals surface area contributed by atoms with Gasteiger partial charge < -0.3 is 30.0 Å². The average Bonchev–Trinajstić information content (AvgIpc) is 2.65. The molecule has 0 N–H and O–H groups in total. The third kappa shape index (κ3) is 19.5. The highest BCUT2D eigenvalue weighted by Crippen LogP contribution is 2.36. The summed E-state index contributed by atoms with van der Waals surface area (Å²) in [6.45, 7) is 27.5. The van der Waals surface area contributed by atoms with Crippen LogP contribution in [-0.2, 0) is 39.6 Å². The van der Waals surface area contributed by atoms with Crippen LogP contribution in [0.2, 0.25) is 90.7 Å². The van der Waals surface area contributed by atoms with Crippen molar-refractivity contribution in [3.63, 3.8) is 0 Å². The number of carbonyl (C=O) groups excluding carboxylic acids is 2. The Kier molecular flexibility index (Phi) is 15.8. The standard InChI is InChI=1S/C24H56O9Si6/c1-15-18-24(26)28-20-17-22-39(31-36(9,10)11,32-37(12,13)14)33-38(29-34(3,4)5,30-35(6,7)8)21-16-19-23(25)27-2/h15,18H,16-17,19-22H2,1-14H3. The number of carbonyl (C=O) groups is 2. The van der Waals surface area contributed by atoms with E-state index in [1.165, 1.54) is 13.2 Å². The molecule has 0 aliphatic heterocycles. The van der Waals surface area contributed by atoms with E-state index in [2.05, 4.69) is 78.6 Å². The van der Waals surface area contributed by atoms with Crippen molar-refractivity contribution < 1.29 is 39.6 Å². The molecule has 39 heavy (non-hydrogen) atoms. The molecule has 0 unspecified atom stereocenters. The molecule has 0 amide bonds. The first-order valence-electron chi connectivity index (χ1n) is 13.8. The molecule has 0 aliphatic rings. The Balaban J connectivity index is 6.72. The zero-order valence-electron chi connectivity index (χ0n) is 27.1. The van der Waals surface area contributed by atoms with Crippen LogP contribution in [0.25, 0.3) is 0 Å². The van der Waals surface area contributed by atoms with Crippen LogP contribution in [0, 0.1) is 0 Å². The van der Waals surface area contributed by atoms with E-state index in [0.717, 1.165) is 0 Å². The van der Waals surface area contributed by atoms with Crippen molar-refractivity contribution in [2.75, 3.05) is 13.7 Å². The van der Waals surface area contributed by atoms with Crippen molar-refractivity contribution >= 4 is 62.8 Å². The first-order valence-corrected chi connectivity index (χ1v) is 31.3. The SMILES string of the molecule is CC=CC(=O)OCCC[Si](O[Si](C)(C)C)(O[Si](C)(C)C)O[Si](CCCC(=O)OC)(O[Si](C)(C)C)O[Si](C)(C)C. The second-order valence-electron chi connectivity index (χ2n) is 13.5. The lowest BCUT2D eigenvalue weighted by Crippen LogP contribution is -2.67. The highest BCUT2D eigenvalue weighted by atomic mass is 28.5. The predicted molar refractivity (Wildman–Crippen MR) is 172 cm³/mol. The van der Waals surface area contributed by atoms with Crippen LogP contribution in [-0.4, -0.2) is 76.5 Å². The molecule has 0 bridgehead atoms. The molecule has 0 atom stereocenters. The summed E-state index contributed by atoms with van der Waals surface area (Å²) in [6, 6.07) is 0.937. The second kappa shape index (κ2) is 15.9. The van der Waals surface area contributed by atoms with Gasteiger partial charge in [0.15, 0.2) is 33.3 Å². The van der Waals surface area contributed by atoms with Gasteiger partial charge in [-0.1, -0.05) is 6.08 Å². The van der Waals surface area contributed by atoms with Gasteiger partial charge in [0.1, 0.15) is 0 Å². The lowest BCUT2D eigenvalue weighted by molar-refractivity contribution is -0.140. The van der Waals surface area contributed by atoms with Crippen LogP contribution in [0.4, 0.5) is 0 Å².